The van der Waals surface area contributed by atoms with Crippen LogP contribution in [0.25, 0.3) is 0 Å². The van der Waals surface area contributed by atoms with E-state index in [1.807, 2.05) is 11.0 Å². The number of carbonyl (C=O) groups excluding carboxylic acids is 1. The quantitative estimate of drug-likeness (QED) is 0.900. The first kappa shape index (κ1) is 14.1. The molecule has 1 fully saturated rings. The average molecular weight is 260 g/mol. The van der Waals surface area contributed by atoms with Crippen LogP contribution in [0.15, 0.2) is 30.3 Å². The van der Waals surface area contributed by atoms with E-state index in [0.29, 0.717) is 24.4 Å². The summed E-state index contributed by atoms with van der Waals surface area (Å²) in [5, 5.41) is 3.55. The van der Waals surface area contributed by atoms with E-state index >= 15 is 0 Å². The van der Waals surface area contributed by atoms with Crippen molar-refractivity contribution in [2.24, 2.45) is 0 Å². The minimum absolute atomic E-state index is 0.301. The van der Waals surface area contributed by atoms with Gasteiger partial charge in [-0.2, -0.15) is 0 Å². The summed E-state index contributed by atoms with van der Waals surface area (Å²) in [6.07, 6.45) is 2.59. The normalized spacial score (nSPS) is 23.4. The third kappa shape index (κ3) is 3.80. The van der Waals surface area contributed by atoms with Crippen molar-refractivity contribution in [3.05, 3.63) is 35.9 Å². The van der Waals surface area contributed by atoms with Gasteiger partial charge in [0.2, 0.25) is 5.91 Å². The predicted octanol–water partition coefficient (Wildman–Crippen LogP) is 2.22. The fourth-order valence-electron chi connectivity index (χ4n) is 2.67. The Morgan fingerprint density at radius 2 is 2.11 bits per heavy atom. The molecule has 0 aromatic heterocycles. The van der Waals surface area contributed by atoms with Gasteiger partial charge in [-0.1, -0.05) is 37.3 Å². The Bertz CT molecular complexity index is 404. The molecule has 2 rings (SSSR count). The molecule has 2 unspecified atom stereocenters. The Morgan fingerprint density at radius 1 is 1.37 bits per heavy atom. The number of rotatable bonds is 4. The van der Waals surface area contributed by atoms with Crippen LogP contribution in [-0.4, -0.2) is 36.0 Å². The van der Waals surface area contributed by atoms with Crippen molar-refractivity contribution >= 4 is 5.91 Å². The SMILES string of the molecule is CCCC(=O)N1CC(Cc2ccccc2)NCC1C. The van der Waals surface area contributed by atoms with Crippen molar-refractivity contribution in [1.29, 1.82) is 0 Å². The molecule has 1 N–H and O–H groups in total. The zero-order valence-corrected chi connectivity index (χ0v) is 11.9. The lowest BCUT2D eigenvalue weighted by molar-refractivity contribution is -0.134. The van der Waals surface area contributed by atoms with Gasteiger partial charge in [0, 0.05) is 31.6 Å². The molecule has 1 aliphatic rings. The number of hydrogen-bond acceptors (Lipinski definition) is 2. The summed E-state index contributed by atoms with van der Waals surface area (Å²) < 4.78 is 0. The first-order valence-corrected chi connectivity index (χ1v) is 7.27. The largest absolute Gasteiger partial charge is 0.337 e. The molecular formula is C16H24N2O. The molecule has 0 aliphatic carbocycles. The number of nitrogens with zero attached hydrogens (tertiary/aromatic N) is 1. The topological polar surface area (TPSA) is 32.3 Å². The van der Waals surface area contributed by atoms with Gasteiger partial charge in [-0.25, -0.2) is 0 Å². The molecule has 0 bridgehead atoms. The highest BCUT2D eigenvalue weighted by molar-refractivity contribution is 5.76. The second-order valence-corrected chi connectivity index (χ2v) is 5.44. The Balaban J connectivity index is 1.95. The molecule has 0 radical (unpaired) electrons. The second kappa shape index (κ2) is 6.71. The van der Waals surface area contributed by atoms with E-state index in [4.69, 9.17) is 0 Å². The van der Waals surface area contributed by atoms with E-state index in [0.717, 1.165) is 25.9 Å². The third-order valence-electron chi connectivity index (χ3n) is 3.76. The molecule has 3 nitrogen and oxygen atoms in total. The maximum Gasteiger partial charge on any atom is 0.222 e. The molecule has 0 spiro atoms. The van der Waals surface area contributed by atoms with Gasteiger partial charge in [0.15, 0.2) is 0 Å². The highest BCUT2D eigenvalue weighted by Crippen LogP contribution is 2.13. The molecule has 3 heteroatoms. The molecule has 1 aliphatic heterocycles. The fraction of sp³-hybridized carbons (Fsp3) is 0.562. The van der Waals surface area contributed by atoms with Gasteiger partial charge < -0.3 is 10.2 Å². The first-order chi connectivity index (χ1) is 9.20. The van der Waals surface area contributed by atoms with Crippen LogP contribution in [0.3, 0.4) is 0 Å². The van der Waals surface area contributed by atoms with Crippen LogP contribution < -0.4 is 5.32 Å². The van der Waals surface area contributed by atoms with Crippen LogP contribution in [0.2, 0.25) is 0 Å². The smallest absolute Gasteiger partial charge is 0.222 e. The van der Waals surface area contributed by atoms with E-state index in [-0.39, 0.29) is 0 Å². The molecule has 1 saturated heterocycles. The van der Waals surface area contributed by atoms with E-state index in [2.05, 4.69) is 43.4 Å². The Kier molecular flexibility index (Phi) is 4.97. The zero-order chi connectivity index (χ0) is 13.7. The highest BCUT2D eigenvalue weighted by Gasteiger charge is 2.27. The number of nitrogens with one attached hydrogen (secondary N) is 1. The van der Waals surface area contributed by atoms with Crippen molar-refractivity contribution in [3.63, 3.8) is 0 Å². The van der Waals surface area contributed by atoms with Gasteiger partial charge in [0.05, 0.1) is 0 Å². The van der Waals surface area contributed by atoms with Crippen LogP contribution in [0.5, 0.6) is 0 Å². The minimum atomic E-state index is 0.301. The lowest BCUT2D eigenvalue weighted by Gasteiger charge is -2.39. The highest BCUT2D eigenvalue weighted by atomic mass is 16.2. The van der Waals surface area contributed by atoms with E-state index in [9.17, 15) is 4.79 Å². The summed E-state index contributed by atoms with van der Waals surface area (Å²) in [6, 6.07) is 11.2. The number of carbonyl (C=O) groups is 1. The van der Waals surface area contributed by atoms with Crippen molar-refractivity contribution in [1.82, 2.24) is 10.2 Å². The van der Waals surface area contributed by atoms with Gasteiger partial charge in [0.1, 0.15) is 0 Å². The van der Waals surface area contributed by atoms with Crippen molar-refractivity contribution in [2.75, 3.05) is 13.1 Å². The number of hydrogen-bond donors (Lipinski definition) is 1. The zero-order valence-electron chi connectivity index (χ0n) is 11.9. The molecular weight excluding hydrogens is 236 g/mol. The summed E-state index contributed by atoms with van der Waals surface area (Å²) in [6.45, 7) is 5.91. The number of piperazine rings is 1. The molecule has 0 saturated carbocycles. The van der Waals surface area contributed by atoms with Crippen molar-refractivity contribution in [3.8, 4) is 0 Å². The van der Waals surface area contributed by atoms with Gasteiger partial charge in [-0.3, -0.25) is 4.79 Å². The Labute approximate surface area is 116 Å². The van der Waals surface area contributed by atoms with Gasteiger partial charge >= 0.3 is 0 Å². The third-order valence-corrected chi connectivity index (χ3v) is 3.76. The molecule has 1 aromatic carbocycles. The first-order valence-electron chi connectivity index (χ1n) is 7.27. The van der Waals surface area contributed by atoms with Crippen LogP contribution in [0.4, 0.5) is 0 Å². The molecule has 1 aromatic rings. The van der Waals surface area contributed by atoms with Crippen molar-refractivity contribution in [2.45, 2.75) is 45.2 Å². The van der Waals surface area contributed by atoms with Gasteiger partial charge in [0.25, 0.3) is 0 Å². The van der Waals surface area contributed by atoms with Gasteiger partial charge in [-0.15, -0.1) is 0 Å². The standard InChI is InChI=1S/C16H24N2O/c1-3-7-16(19)18-12-15(17-11-13(18)2)10-14-8-5-4-6-9-14/h4-6,8-9,13,15,17H,3,7,10-12H2,1-2H3. The second-order valence-electron chi connectivity index (χ2n) is 5.44. The Hall–Kier alpha value is -1.35. The Morgan fingerprint density at radius 3 is 2.79 bits per heavy atom. The molecule has 2 atom stereocenters. The van der Waals surface area contributed by atoms with Crippen LogP contribution in [0, 0.1) is 0 Å². The minimum Gasteiger partial charge on any atom is -0.337 e. The van der Waals surface area contributed by atoms with E-state index < -0.39 is 0 Å². The van der Waals surface area contributed by atoms with Crippen molar-refractivity contribution < 1.29 is 4.79 Å². The number of benzene rings is 1. The lowest BCUT2D eigenvalue weighted by atomic mass is 10.0. The average Bonchev–Trinajstić information content (AvgIpc) is 2.42. The summed E-state index contributed by atoms with van der Waals surface area (Å²) in [4.78, 5) is 14.2. The fourth-order valence-corrected chi connectivity index (χ4v) is 2.67. The summed E-state index contributed by atoms with van der Waals surface area (Å²) in [5.41, 5.74) is 1.33. The van der Waals surface area contributed by atoms with Crippen LogP contribution in [-0.2, 0) is 11.2 Å². The maximum absolute atomic E-state index is 12.1. The van der Waals surface area contributed by atoms with Gasteiger partial charge in [-0.05, 0) is 25.3 Å². The van der Waals surface area contributed by atoms with E-state index in [1.165, 1.54) is 5.56 Å². The number of amides is 1. The monoisotopic (exact) mass is 260 g/mol. The van der Waals surface area contributed by atoms with Crippen LogP contribution >= 0.6 is 0 Å². The molecule has 104 valence electrons. The van der Waals surface area contributed by atoms with Crippen LogP contribution in [0.1, 0.15) is 32.3 Å². The van der Waals surface area contributed by atoms with E-state index in [1.54, 1.807) is 0 Å². The lowest BCUT2D eigenvalue weighted by Crippen LogP contribution is -2.57. The molecule has 1 heterocycles. The summed E-state index contributed by atoms with van der Waals surface area (Å²) in [5.74, 6) is 0.301. The molecule has 19 heavy (non-hydrogen) atoms. The summed E-state index contributed by atoms with van der Waals surface area (Å²) in [7, 11) is 0. The maximum atomic E-state index is 12.1. The summed E-state index contributed by atoms with van der Waals surface area (Å²) >= 11 is 0. The molecule has 1 amide bonds. The predicted molar refractivity (Wildman–Crippen MR) is 78.0 cm³/mol.